The molecule has 1 fully saturated rings. The summed E-state index contributed by atoms with van der Waals surface area (Å²) in [5, 5.41) is 0. The number of hydrogen-bond donors (Lipinski definition) is 0. The maximum Gasteiger partial charge on any atom is 0.415 e. The Hall–Kier alpha value is -1.55. The minimum Gasteiger partial charge on any atom is -0.446 e. The molecule has 1 amide bonds. The minimum absolute atomic E-state index is 0.0774. The average Bonchev–Trinajstić information content (AvgIpc) is 2.61. The molecule has 146 valence electrons. The molecule has 0 N–H and O–H groups in total. The molecule has 4 atom stereocenters. The summed E-state index contributed by atoms with van der Waals surface area (Å²) in [7, 11) is 2.18. The van der Waals surface area contributed by atoms with E-state index in [9.17, 15) is 4.79 Å². The number of carbonyl (C=O) groups is 1. The molecule has 1 aromatic carbocycles. The average molecular weight is 361 g/mol. The maximum absolute atomic E-state index is 13.3. The van der Waals surface area contributed by atoms with Crippen molar-refractivity contribution in [3.8, 4) is 0 Å². The van der Waals surface area contributed by atoms with Crippen molar-refractivity contribution in [1.29, 1.82) is 0 Å². The number of likely N-dealkylation sites (tertiary alicyclic amines) is 1. The first kappa shape index (κ1) is 20.8. The molecule has 0 aromatic heterocycles. The Labute approximate surface area is 159 Å². The van der Waals surface area contributed by atoms with Crippen LogP contribution in [0.25, 0.3) is 0 Å². The molecule has 0 aliphatic carbocycles. The van der Waals surface area contributed by atoms with Crippen LogP contribution in [0, 0.1) is 5.92 Å². The highest BCUT2D eigenvalue weighted by molar-refractivity contribution is 5.89. The van der Waals surface area contributed by atoms with Crippen LogP contribution in [0.15, 0.2) is 30.3 Å². The molecule has 4 nitrogen and oxygen atoms in total. The third-order valence-corrected chi connectivity index (χ3v) is 6.08. The smallest absolute Gasteiger partial charge is 0.415 e. The van der Waals surface area contributed by atoms with Crippen molar-refractivity contribution in [2.24, 2.45) is 5.92 Å². The molecule has 1 aliphatic heterocycles. The molecule has 1 aliphatic rings. The van der Waals surface area contributed by atoms with Gasteiger partial charge in [0.1, 0.15) is 6.10 Å². The second-order valence-corrected chi connectivity index (χ2v) is 8.02. The lowest BCUT2D eigenvalue weighted by Crippen LogP contribution is -2.64. The van der Waals surface area contributed by atoms with E-state index >= 15 is 0 Å². The van der Waals surface area contributed by atoms with Crippen molar-refractivity contribution in [1.82, 2.24) is 4.90 Å². The van der Waals surface area contributed by atoms with E-state index in [0.717, 1.165) is 37.9 Å². The Balaban J connectivity index is 2.50. The zero-order chi connectivity index (χ0) is 19.3. The number of amides is 1. The number of nitrogens with zero attached hydrogens (tertiary/aromatic N) is 2. The Morgan fingerprint density at radius 2 is 1.96 bits per heavy atom. The van der Waals surface area contributed by atoms with Gasteiger partial charge in [-0.2, -0.15) is 0 Å². The summed E-state index contributed by atoms with van der Waals surface area (Å²) >= 11 is 0. The van der Waals surface area contributed by atoms with E-state index in [1.807, 2.05) is 49.1 Å². The highest BCUT2D eigenvalue weighted by Gasteiger charge is 2.49. The zero-order valence-electron chi connectivity index (χ0n) is 17.4. The Morgan fingerprint density at radius 1 is 1.31 bits per heavy atom. The molecule has 1 aromatic rings. The van der Waals surface area contributed by atoms with Gasteiger partial charge in [-0.3, -0.25) is 4.90 Å². The van der Waals surface area contributed by atoms with Crippen LogP contribution in [-0.4, -0.2) is 42.3 Å². The number of piperidine rings is 1. The second-order valence-electron chi connectivity index (χ2n) is 8.02. The fourth-order valence-electron chi connectivity index (χ4n) is 4.28. The van der Waals surface area contributed by atoms with Crippen molar-refractivity contribution >= 4 is 11.8 Å². The van der Waals surface area contributed by atoms with Gasteiger partial charge >= 0.3 is 6.09 Å². The highest BCUT2D eigenvalue weighted by Crippen LogP contribution is 2.42. The standard InChI is InChI=1S/C22H36N2O2/c1-7-14-22(15-18(4)23(6)16-17(22)3)24(20-12-10-9-11-13-20)21(25)26-19(5)8-2/h9-13,17-19H,7-8,14-16H2,1-6H3. The second kappa shape index (κ2) is 8.90. The number of benzene rings is 1. The Bertz CT molecular complexity index is 577. The highest BCUT2D eigenvalue weighted by atomic mass is 16.6. The molecular weight excluding hydrogens is 324 g/mol. The van der Waals surface area contributed by atoms with Crippen LogP contribution in [0.2, 0.25) is 0 Å². The first-order valence-electron chi connectivity index (χ1n) is 10.1. The van der Waals surface area contributed by atoms with Crippen LogP contribution < -0.4 is 4.90 Å². The number of anilines is 1. The molecule has 0 radical (unpaired) electrons. The third kappa shape index (κ3) is 4.22. The van der Waals surface area contributed by atoms with Crippen molar-refractivity contribution in [3.63, 3.8) is 0 Å². The predicted molar refractivity (Wildman–Crippen MR) is 109 cm³/mol. The molecule has 1 heterocycles. The van der Waals surface area contributed by atoms with Gasteiger partial charge in [-0.15, -0.1) is 0 Å². The lowest BCUT2D eigenvalue weighted by atomic mass is 9.72. The SMILES string of the molecule is CCCC1(N(C(=O)OC(C)CC)c2ccccc2)CC(C)N(C)CC1C. The number of hydrogen-bond acceptors (Lipinski definition) is 3. The molecule has 4 unspecified atom stereocenters. The van der Waals surface area contributed by atoms with Gasteiger partial charge in [0, 0.05) is 18.3 Å². The zero-order valence-corrected chi connectivity index (χ0v) is 17.4. The van der Waals surface area contributed by atoms with Gasteiger partial charge in [0.05, 0.1) is 5.54 Å². The summed E-state index contributed by atoms with van der Waals surface area (Å²) in [6, 6.07) is 10.5. The topological polar surface area (TPSA) is 32.8 Å². The van der Waals surface area contributed by atoms with Gasteiger partial charge < -0.3 is 9.64 Å². The van der Waals surface area contributed by atoms with Crippen LogP contribution in [0.4, 0.5) is 10.5 Å². The predicted octanol–water partition coefficient (Wildman–Crippen LogP) is 5.33. The summed E-state index contributed by atoms with van der Waals surface area (Å²) in [5.74, 6) is 0.369. The summed E-state index contributed by atoms with van der Waals surface area (Å²) in [6.45, 7) is 11.8. The van der Waals surface area contributed by atoms with Gasteiger partial charge in [-0.1, -0.05) is 45.4 Å². The normalized spacial score (nSPS) is 27.8. The summed E-state index contributed by atoms with van der Waals surface area (Å²) in [5.41, 5.74) is 0.727. The van der Waals surface area contributed by atoms with E-state index in [2.05, 4.69) is 32.7 Å². The third-order valence-electron chi connectivity index (χ3n) is 6.08. The Morgan fingerprint density at radius 3 is 2.54 bits per heavy atom. The van der Waals surface area contributed by atoms with Gasteiger partial charge in [0.25, 0.3) is 0 Å². The molecular formula is C22H36N2O2. The van der Waals surface area contributed by atoms with Gasteiger partial charge in [0.2, 0.25) is 0 Å². The van der Waals surface area contributed by atoms with Crippen LogP contribution in [0.3, 0.4) is 0 Å². The number of ether oxygens (including phenoxy) is 1. The summed E-state index contributed by atoms with van der Waals surface area (Å²) < 4.78 is 5.82. The molecule has 0 saturated carbocycles. The van der Waals surface area contributed by atoms with Crippen LogP contribution in [-0.2, 0) is 4.74 Å². The molecule has 1 saturated heterocycles. The summed E-state index contributed by atoms with van der Waals surface area (Å²) in [4.78, 5) is 17.7. The van der Waals surface area contributed by atoms with Crippen molar-refractivity contribution in [2.45, 2.75) is 78.0 Å². The molecule has 0 spiro atoms. The summed E-state index contributed by atoms with van der Waals surface area (Å²) in [6.07, 6.45) is 3.53. The monoisotopic (exact) mass is 360 g/mol. The first-order valence-corrected chi connectivity index (χ1v) is 10.1. The lowest BCUT2D eigenvalue weighted by Gasteiger charge is -2.54. The van der Waals surface area contributed by atoms with E-state index in [-0.39, 0.29) is 17.7 Å². The molecule has 4 heteroatoms. The Kier molecular flexibility index (Phi) is 7.10. The number of rotatable bonds is 6. The van der Waals surface area contributed by atoms with Gasteiger partial charge in [0.15, 0.2) is 0 Å². The largest absolute Gasteiger partial charge is 0.446 e. The molecule has 26 heavy (non-hydrogen) atoms. The van der Waals surface area contributed by atoms with Crippen molar-refractivity contribution in [2.75, 3.05) is 18.5 Å². The quantitative estimate of drug-likeness (QED) is 0.687. The molecule has 2 rings (SSSR count). The number of carbonyl (C=O) groups excluding carboxylic acids is 1. The van der Waals surface area contributed by atoms with Gasteiger partial charge in [-0.05, 0) is 58.2 Å². The maximum atomic E-state index is 13.3. The fraction of sp³-hybridized carbons (Fsp3) is 0.682. The van der Waals surface area contributed by atoms with Crippen LogP contribution in [0.1, 0.15) is 60.3 Å². The van der Waals surface area contributed by atoms with E-state index in [1.165, 1.54) is 0 Å². The van der Waals surface area contributed by atoms with Crippen molar-refractivity contribution < 1.29 is 9.53 Å². The minimum atomic E-state index is -0.216. The van der Waals surface area contributed by atoms with E-state index in [0.29, 0.717) is 12.0 Å². The van der Waals surface area contributed by atoms with E-state index < -0.39 is 0 Å². The lowest BCUT2D eigenvalue weighted by molar-refractivity contribution is 0.0534. The van der Waals surface area contributed by atoms with Crippen molar-refractivity contribution in [3.05, 3.63) is 30.3 Å². The van der Waals surface area contributed by atoms with Crippen LogP contribution in [0.5, 0.6) is 0 Å². The first-order chi connectivity index (χ1) is 12.4. The fourth-order valence-corrected chi connectivity index (χ4v) is 4.28. The number of para-hydroxylation sites is 1. The van der Waals surface area contributed by atoms with Crippen LogP contribution >= 0.6 is 0 Å². The van der Waals surface area contributed by atoms with E-state index in [4.69, 9.17) is 4.74 Å². The molecule has 0 bridgehead atoms. The van der Waals surface area contributed by atoms with E-state index in [1.54, 1.807) is 0 Å². The van der Waals surface area contributed by atoms with Gasteiger partial charge in [-0.25, -0.2) is 4.79 Å².